The van der Waals surface area contributed by atoms with Crippen molar-refractivity contribution in [2.75, 3.05) is 0 Å². The molecule has 6 nitrogen and oxygen atoms in total. The molecule has 1 saturated carbocycles. The summed E-state index contributed by atoms with van der Waals surface area (Å²) in [7, 11) is 0. The zero-order valence-electron chi connectivity index (χ0n) is 12.2. The highest BCUT2D eigenvalue weighted by Gasteiger charge is 2.28. The van der Waals surface area contributed by atoms with Crippen LogP contribution >= 0.6 is 11.3 Å². The number of amides is 1. The van der Waals surface area contributed by atoms with E-state index in [-0.39, 0.29) is 11.8 Å². The molecule has 1 amide bonds. The number of aryl methyl sites for hydroxylation is 1. The van der Waals surface area contributed by atoms with Crippen molar-refractivity contribution in [3.05, 3.63) is 35.1 Å². The predicted molar refractivity (Wildman–Crippen MR) is 84.6 cm³/mol. The lowest BCUT2D eigenvalue weighted by Gasteiger charge is -2.25. The number of hydrogen-bond acceptors (Lipinski definition) is 6. The number of allylic oxidation sites excluding steroid dienone is 1. The van der Waals surface area contributed by atoms with E-state index in [2.05, 4.69) is 27.3 Å². The number of nitrogens with one attached hydrogen (secondary N) is 1. The molecule has 0 radical (unpaired) electrons. The Morgan fingerprint density at radius 3 is 3.05 bits per heavy atom. The van der Waals surface area contributed by atoms with Gasteiger partial charge in [-0.2, -0.15) is 5.10 Å². The first-order valence-electron chi connectivity index (χ1n) is 7.08. The van der Waals surface area contributed by atoms with Crippen LogP contribution in [-0.4, -0.2) is 22.3 Å². The smallest absolute Gasteiger partial charge is 0.243 e. The largest absolute Gasteiger partial charge is 0.452 e. The molecule has 0 aliphatic heterocycles. The minimum atomic E-state index is -0.0767. The van der Waals surface area contributed by atoms with Crippen molar-refractivity contribution in [3.63, 3.8) is 0 Å². The number of carbonyl (C=O) groups is 1. The first kappa shape index (κ1) is 14.6. The molecule has 0 aromatic carbocycles. The molecule has 0 bridgehead atoms. The summed E-state index contributed by atoms with van der Waals surface area (Å²) < 4.78 is 5.62. The van der Waals surface area contributed by atoms with Gasteiger partial charge in [0.05, 0.1) is 6.21 Å². The Labute approximate surface area is 131 Å². The number of furan rings is 1. The summed E-state index contributed by atoms with van der Waals surface area (Å²) in [5, 5.41) is 13.8. The van der Waals surface area contributed by atoms with Crippen molar-refractivity contribution in [1.82, 2.24) is 15.6 Å². The molecule has 2 heterocycles. The molecule has 0 atom stereocenters. The van der Waals surface area contributed by atoms with E-state index in [9.17, 15) is 4.79 Å². The first-order chi connectivity index (χ1) is 10.7. The fourth-order valence-electron chi connectivity index (χ4n) is 2.11. The van der Waals surface area contributed by atoms with Crippen molar-refractivity contribution in [1.29, 1.82) is 0 Å². The van der Waals surface area contributed by atoms with Crippen molar-refractivity contribution < 1.29 is 9.21 Å². The SMILES string of the molecule is C=C1CC(C(=O)NN=Cc2ccc(-c3nnc(CC)s3)o2)C1. The van der Waals surface area contributed by atoms with Gasteiger partial charge in [0.2, 0.25) is 5.91 Å². The van der Waals surface area contributed by atoms with Crippen LogP contribution in [0.2, 0.25) is 0 Å². The Bertz CT molecular complexity index is 723. The lowest BCUT2D eigenvalue weighted by atomic mass is 9.81. The maximum atomic E-state index is 11.7. The van der Waals surface area contributed by atoms with Gasteiger partial charge in [-0.25, -0.2) is 5.43 Å². The average molecular weight is 316 g/mol. The number of carbonyl (C=O) groups excluding carboxylic acids is 1. The van der Waals surface area contributed by atoms with Crippen LogP contribution in [0.5, 0.6) is 0 Å². The number of hydrogen-bond donors (Lipinski definition) is 1. The molecule has 7 heteroatoms. The van der Waals surface area contributed by atoms with Crippen LogP contribution in [0.4, 0.5) is 0 Å². The van der Waals surface area contributed by atoms with Crippen molar-refractivity contribution in [2.24, 2.45) is 11.0 Å². The highest BCUT2D eigenvalue weighted by molar-refractivity contribution is 7.14. The van der Waals surface area contributed by atoms with Crippen molar-refractivity contribution >= 4 is 23.5 Å². The van der Waals surface area contributed by atoms with Gasteiger partial charge in [0, 0.05) is 5.92 Å². The Morgan fingerprint density at radius 1 is 1.55 bits per heavy atom. The summed E-state index contributed by atoms with van der Waals surface area (Å²) in [6, 6.07) is 3.60. The van der Waals surface area contributed by atoms with E-state index in [0.29, 0.717) is 11.5 Å². The molecule has 3 rings (SSSR count). The normalized spacial score (nSPS) is 15.2. The standard InChI is InChI=1S/C15H16N4O2S/c1-3-13-17-19-15(22-13)12-5-4-11(21-12)8-16-18-14(20)10-6-9(2)7-10/h4-5,8,10H,2-3,6-7H2,1H3,(H,18,20). The fraction of sp³-hybridized carbons (Fsp3) is 0.333. The van der Waals surface area contributed by atoms with Gasteiger partial charge in [0.15, 0.2) is 10.8 Å². The topological polar surface area (TPSA) is 80.4 Å². The van der Waals surface area contributed by atoms with Gasteiger partial charge in [-0.15, -0.1) is 10.2 Å². The molecule has 1 N–H and O–H groups in total. The zero-order chi connectivity index (χ0) is 15.5. The highest BCUT2D eigenvalue weighted by atomic mass is 32.1. The number of hydrazone groups is 1. The predicted octanol–water partition coefficient (Wildman–Crippen LogP) is 2.78. The molecule has 1 aliphatic carbocycles. The van der Waals surface area contributed by atoms with Gasteiger partial charge < -0.3 is 4.42 Å². The van der Waals surface area contributed by atoms with Crippen molar-refractivity contribution in [3.8, 4) is 10.8 Å². The number of aromatic nitrogens is 2. The van der Waals surface area contributed by atoms with Gasteiger partial charge in [-0.05, 0) is 31.4 Å². The van der Waals surface area contributed by atoms with Crippen LogP contribution in [0.25, 0.3) is 10.8 Å². The van der Waals surface area contributed by atoms with Gasteiger partial charge >= 0.3 is 0 Å². The highest BCUT2D eigenvalue weighted by Crippen LogP contribution is 2.31. The Morgan fingerprint density at radius 2 is 2.36 bits per heavy atom. The lowest BCUT2D eigenvalue weighted by Crippen LogP contribution is -2.32. The summed E-state index contributed by atoms with van der Waals surface area (Å²) in [6.07, 6.45) is 3.84. The third-order valence-electron chi connectivity index (χ3n) is 3.41. The molecule has 2 aromatic rings. The van der Waals surface area contributed by atoms with Gasteiger partial charge in [0.25, 0.3) is 0 Å². The number of nitrogens with zero attached hydrogens (tertiary/aromatic N) is 3. The molecular weight excluding hydrogens is 300 g/mol. The van der Waals surface area contributed by atoms with Gasteiger partial charge in [0.1, 0.15) is 10.8 Å². The second-order valence-corrected chi connectivity index (χ2v) is 6.21. The summed E-state index contributed by atoms with van der Waals surface area (Å²) >= 11 is 1.50. The van der Waals surface area contributed by atoms with E-state index in [1.807, 2.05) is 13.0 Å². The van der Waals surface area contributed by atoms with Gasteiger partial charge in [-0.1, -0.05) is 30.4 Å². The zero-order valence-corrected chi connectivity index (χ0v) is 13.0. The van der Waals surface area contributed by atoms with Gasteiger partial charge in [-0.3, -0.25) is 4.79 Å². The molecule has 0 spiro atoms. The minimum absolute atomic E-state index is 0.00525. The molecule has 22 heavy (non-hydrogen) atoms. The quantitative estimate of drug-likeness (QED) is 0.522. The molecular formula is C15H16N4O2S. The van der Waals surface area contributed by atoms with Crippen LogP contribution in [0, 0.1) is 5.92 Å². The van der Waals surface area contributed by atoms with E-state index < -0.39 is 0 Å². The summed E-state index contributed by atoms with van der Waals surface area (Å²) in [5.41, 5.74) is 3.63. The van der Waals surface area contributed by atoms with Crippen LogP contribution in [0.3, 0.4) is 0 Å². The molecule has 2 aromatic heterocycles. The van der Waals surface area contributed by atoms with Crippen LogP contribution < -0.4 is 5.43 Å². The molecule has 1 fully saturated rings. The minimum Gasteiger partial charge on any atom is -0.452 e. The number of rotatable bonds is 5. The van der Waals surface area contributed by atoms with Crippen LogP contribution in [0.15, 0.2) is 33.8 Å². The third kappa shape index (κ3) is 3.14. The fourth-order valence-corrected chi connectivity index (χ4v) is 2.85. The summed E-state index contributed by atoms with van der Waals surface area (Å²) in [4.78, 5) is 11.7. The Balaban J connectivity index is 1.58. The molecule has 1 aliphatic rings. The average Bonchev–Trinajstić information content (AvgIpc) is 3.12. The molecule has 0 unspecified atom stereocenters. The van der Waals surface area contributed by atoms with Crippen LogP contribution in [-0.2, 0) is 11.2 Å². The first-order valence-corrected chi connectivity index (χ1v) is 7.89. The monoisotopic (exact) mass is 316 g/mol. The second kappa shape index (κ2) is 6.23. The summed E-state index contributed by atoms with van der Waals surface area (Å²) in [5.74, 6) is 1.14. The maximum Gasteiger partial charge on any atom is 0.243 e. The third-order valence-corrected chi connectivity index (χ3v) is 4.50. The van der Waals surface area contributed by atoms with Crippen molar-refractivity contribution in [2.45, 2.75) is 26.2 Å². The van der Waals surface area contributed by atoms with E-state index in [1.54, 1.807) is 6.07 Å². The van der Waals surface area contributed by atoms with E-state index in [0.717, 1.165) is 34.9 Å². The lowest BCUT2D eigenvalue weighted by molar-refractivity contribution is -0.126. The van der Waals surface area contributed by atoms with Crippen LogP contribution in [0.1, 0.15) is 30.5 Å². The second-order valence-electron chi connectivity index (χ2n) is 5.15. The Hall–Kier alpha value is -2.28. The van der Waals surface area contributed by atoms with E-state index >= 15 is 0 Å². The maximum absolute atomic E-state index is 11.7. The van der Waals surface area contributed by atoms with E-state index in [1.165, 1.54) is 17.6 Å². The molecule has 114 valence electrons. The van der Waals surface area contributed by atoms with E-state index in [4.69, 9.17) is 4.42 Å². The molecule has 0 saturated heterocycles. The summed E-state index contributed by atoms with van der Waals surface area (Å²) in [6.45, 7) is 5.85. The Kier molecular flexibility index (Phi) is 4.15.